The van der Waals surface area contributed by atoms with Crippen molar-refractivity contribution in [3.63, 3.8) is 0 Å². The third-order valence-electron chi connectivity index (χ3n) is 4.17. The maximum Gasteiger partial charge on any atom is 0.277 e. The Morgan fingerprint density at radius 3 is 2.88 bits per heavy atom. The molecule has 0 aromatic carbocycles. The highest BCUT2D eigenvalue weighted by atomic mass is 32.1. The second kappa shape index (κ2) is 7.02. The van der Waals surface area contributed by atoms with Crippen LogP contribution in [0.4, 0.5) is 11.6 Å². The Morgan fingerprint density at radius 2 is 2.08 bits per heavy atom. The largest absolute Gasteiger partial charge is 0.356 e. The molecule has 0 saturated carbocycles. The molecule has 128 valence electrons. The average Bonchev–Trinajstić information content (AvgIpc) is 3.34. The Labute approximate surface area is 149 Å². The minimum Gasteiger partial charge on any atom is -0.356 e. The van der Waals surface area contributed by atoms with Crippen molar-refractivity contribution in [1.29, 1.82) is 0 Å². The highest BCUT2D eigenvalue weighted by Crippen LogP contribution is 2.23. The van der Waals surface area contributed by atoms with E-state index in [0.29, 0.717) is 11.5 Å². The van der Waals surface area contributed by atoms with Crippen LogP contribution in [0.1, 0.15) is 29.8 Å². The number of carbonyl (C=O) groups is 1. The molecule has 1 amide bonds. The lowest BCUT2D eigenvalue weighted by atomic mass is 10.1. The van der Waals surface area contributed by atoms with Gasteiger partial charge < -0.3 is 10.2 Å². The number of anilines is 2. The molecule has 0 radical (unpaired) electrons. The molecule has 4 rings (SSSR count). The third-order valence-corrected chi connectivity index (χ3v) is 5.07. The van der Waals surface area contributed by atoms with Crippen LogP contribution in [-0.4, -0.2) is 39.2 Å². The van der Waals surface area contributed by atoms with E-state index in [2.05, 4.69) is 30.4 Å². The predicted molar refractivity (Wildman–Crippen MR) is 97.9 cm³/mol. The molecule has 0 spiro atoms. The first-order chi connectivity index (χ1) is 12.3. The van der Waals surface area contributed by atoms with Gasteiger partial charge in [0.25, 0.3) is 5.91 Å². The molecular weight excluding hydrogens is 336 g/mol. The fourth-order valence-electron chi connectivity index (χ4n) is 2.89. The van der Waals surface area contributed by atoms with Crippen molar-refractivity contribution in [3.8, 4) is 10.6 Å². The zero-order valence-electron chi connectivity index (χ0n) is 13.6. The molecule has 0 unspecified atom stereocenters. The summed E-state index contributed by atoms with van der Waals surface area (Å²) < 4.78 is 0. The van der Waals surface area contributed by atoms with Crippen molar-refractivity contribution in [1.82, 2.24) is 20.2 Å². The number of hydrogen-bond acceptors (Lipinski definition) is 6. The molecule has 3 aromatic rings. The van der Waals surface area contributed by atoms with E-state index in [1.165, 1.54) is 25.6 Å². The highest BCUT2D eigenvalue weighted by Gasteiger charge is 2.15. The summed E-state index contributed by atoms with van der Waals surface area (Å²) in [5.74, 6) is 1.05. The summed E-state index contributed by atoms with van der Waals surface area (Å²) in [6.07, 6.45) is 5.09. The van der Waals surface area contributed by atoms with Gasteiger partial charge in [0.2, 0.25) is 0 Å². The molecule has 1 aliphatic rings. The lowest BCUT2D eigenvalue weighted by molar-refractivity contribution is 0.102. The first-order valence-corrected chi connectivity index (χ1v) is 9.15. The Bertz CT molecular complexity index is 854. The zero-order chi connectivity index (χ0) is 17.1. The molecule has 4 heterocycles. The first-order valence-electron chi connectivity index (χ1n) is 8.27. The summed E-state index contributed by atoms with van der Waals surface area (Å²) in [5, 5.41) is 11.8. The molecule has 8 heteroatoms. The number of nitrogens with zero attached hydrogens (tertiary/aromatic N) is 4. The maximum atomic E-state index is 12.4. The van der Waals surface area contributed by atoms with Crippen LogP contribution in [0.15, 0.2) is 36.0 Å². The number of nitrogens with one attached hydrogen (secondary N) is 2. The second-order valence-corrected chi connectivity index (χ2v) is 6.86. The van der Waals surface area contributed by atoms with Crippen molar-refractivity contribution in [2.24, 2.45) is 0 Å². The Balaban J connectivity index is 1.47. The highest BCUT2D eigenvalue weighted by molar-refractivity contribution is 7.13. The van der Waals surface area contributed by atoms with Crippen LogP contribution in [0.2, 0.25) is 0 Å². The summed E-state index contributed by atoms with van der Waals surface area (Å²) in [7, 11) is 0. The number of piperidine rings is 1. The molecular formula is C17H18N6OS. The van der Waals surface area contributed by atoms with Crippen LogP contribution >= 0.6 is 11.3 Å². The summed E-state index contributed by atoms with van der Waals surface area (Å²) in [6, 6.07) is 7.50. The third kappa shape index (κ3) is 3.53. The standard InChI is InChI=1S/C17H18N6OS/c24-17(13-9-12(21-22-13)14-5-4-8-25-14)20-15-10-16(19-11-18-15)23-6-2-1-3-7-23/h4-5,8-11H,1-3,6-7H2,(H,21,22)(H,18,19,20,24). The van der Waals surface area contributed by atoms with E-state index in [0.717, 1.165) is 29.5 Å². The normalized spacial score (nSPS) is 14.5. The van der Waals surface area contributed by atoms with Gasteiger partial charge in [-0.3, -0.25) is 9.89 Å². The molecule has 1 saturated heterocycles. The fourth-order valence-corrected chi connectivity index (χ4v) is 3.58. The predicted octanol–water partition coefficient (Wildman–Crippen LogP) is 3.17. The molecule has 0 aliphatic carbocycles. The van der Waals surface area contributed by atoms with Crippen molar-refractivity contribution >= 4 is 28.9 Å². The topological polar surface area (TPSA) is 86.8 Å². The molecule has 3 aromatic heterocycles. The van der Waals surface area contributed by atoms with Gasteiger partial charge in [-0.2, -0.15) is 5.10 Å². The van der Waals surface area contributed by atoms with Crippen LogP contribution in [0.25, 0.3) is 10.6 Å². The van der Waals surface area contributed by atoms with Crippen molar-refractivity contribution in [3.05, 3.63) is 41.7 Å². The lowest BCUT2D eigenvalue weighted by Crippen LogP contribution is -2.30. The number of hydrogen-bond donors (Lipinski definition) is 2. The van der Waals surface area contributed by atoms with E-state index >= 15 is 0 Å². The summed E-state index contributed by atoms with van der Waals surface area (Å²) in [4.78, 5) is 24.2. The number of rotatable bonds is 4. The van der Waals surface area contributed by atoms with Gasteiger partial charge in [0.15, 0.2) is 5.69 Å². The molecule has 0 atom stereocenters. The number of H-pyrrole nitrogens is 1. The summed E-state index contributed by atoms with van der Waals surface area (Å²) in [5.41, 5.74) is 1.17. The van der Waals surface area contributed by atoms with Crippen molar-refractivity contribution in [2.75, 3.05) is 23.3 Å². The van der Waals surface area contributed by atoms with Gasteiger partial charge in [-0.1, -0.05) is 6.07 Å². The van der Waals surface area contributed by atoms with Gasteiger partial charge >= 0.3 is 0 Å². The molecule has 7 nitrogen and oxygen atoms in total. The van der Waals surface area contributed by atoms with Crippen LogP contribution < -0.4 is 10.2 Å². The van der Waals surface area contributed by atoms with E-state index < -0.39 is 0 Å². The molecule has 0 bridgehead atoms. The van der Waals surface area contributed by atoms with E-state index in [1.807, 2.05) is 23.6 Å². The monoisotopic (exact) mass is 354 g/mol. The van der Waals surface area contributed by atoms with Gasteiger partial charge in [-0.15, -0.1) is 11.3 Å². The summed E-state index contributed by atoms with van der Waals surface area (Å²) >= 11 is 1.59. The van der Waals surface area contributed by atoms with Crippen molar-refractivity contribution < 1.29 is 4.79 Å². The van der Waals surface area contributed by atoms with E-state index in [4.69, 9.17) is 0 Å². The van der Waals surface area contributed by atoms with Gasteiger partial charge in [0, 0.05) is 19.2 Å². The lowest BCUT2D eigenvalue weighted by Gasteiger charge is -2.27. The maximum absolute atomic E-state index is 12.4. The smallest absolute Gasteiger partial charge is 0.277 e. The number of carbonyl (C=O) groups excluding carboxylic acids is 1. The van der Waals surface area contributed by atoms with Gasteiger partial charge in [0.05, 0.1) is 10.6 Å². The quantitative estimate of drug-likeness (QED) is 0.751. The Hall–Kier alpha value is -2.74. The van der Waals surface area contributed by atoms with Crippen LogP contribution in [0, 0.1) is 0 Å². The van der Waals surface area contributed by atoms with Crippen LogP contribution in [0.3, 0.4) is 0 Å². The van der Waals surface area contributed by atoms with Gasteiger partial charge in [-0.05, 0) is 36.8 Å². The first kappa shape index (κ1) is 15.8. The Kier molecular flexibility index (Phi) is 4.43. The number of aromatic amines is 1. The Morgan fingerprint density at radius 1 is 1.20 bits per heavy atom. The summed E-state index contributed by atoms with van der Waals surface area (Å²) in [6.45, 7) is 1.99. The fraction of sp³-hybridized carbons (Fsp3) is 0.294. The number of amides is 1. The number of thiophene rings is 1. The van der Waals surface area contributed by atoms with Gasteiger partial charge in [-0.25, -0.2) is 9.97 Å². The second-order valence-electron chi connectivity index (χ2n) is 5.91. The SMILES string of the molecule is O=C(Nc1cc(N2CCCCC2)ncn1)c1cc(-c2cccs2)[nH]n1. The van der Waals surface area contributed by atoms with Crippen LogP contribution in [0.5, 0.6) is 0 Å². The molecule has 25 heavy (non-hydrogen) atoms. The van der Waals surface area contributed by atoms with Crippen LogP contribution in [-0.2, 0) is 0 Å². The van der Waals surface area contributed by atoms with E-state index in [1.54, 1.807) is 17.4 Å². The van der Waals surface area contributed by atoms with E-state index in [9.17, 15) is 4.79 Å². The molecule has 1 aliphatic heterocycles. The van der Waals surface area contributed by atoms with Gasteiger partial charge in [0.1, 0.15) is 18.0 Å². The zero-order valence-corrected chi connectivity index (χ0v) is 14.4. The van der Waals surface area contributed by atoms with Crippen molar-refractivity contribution in [2.45, 2.75) is 19.3 Å². The number of aromatic nitrogens is 4. The minimum atomic E-state index is -0.289. The average molecular weight is 354 g/mol. The molecule has 1 fully saturated rings. The molecule has 2 N–H and O–H groups in total. The van der Waals surface area contributed by atoms with E-state index in [-0.39, 0.29) is 5.91 Å². The minimum absolute atomic E-state index is 0.289.